The van der Waals surface area contributed by atoms with Crippen molar-refractivity contribution in [1.29, 1.82) is 0 Å². The van der Waals surface area contributed by atoms with Gasteiger partial charge < -0.3 is 9.13 Å². The zero-order chi connectivity index (χ0) is 37.5. The van der Waals surface area contributed by atoms with E-state index in [1.54, 1.807) is 0 Å². The van der Waals surface area contributed by atoms with E-state index in [-0.39, 0.29) is 0 Å². The number of rotatable bonds is 5. The summed E-state index contributed by atoms with van der Waals surface area (Å²) in [4.78, 5) is 0. The Labute approximate surface area is 331 Å². The Morgan fingerprint density at radius 1 is 0.281 bits per heavy atom. The van der Waals surface area contributed by atoms with Gasteiger partial charge in [0.15, 0.2) is 0 Å². The van der Waals surface area contributed by atoms with Crippen LogP contribution >= 0.6 is 0 Å². The molecule has 2 heteroatoms. The highest BCUT2D eigenvalue weighted by molar-refractivity contribution is 6.12. The van der Waals surface area contributed by atoms with Crippen molar-refractivity contribution in [3.8, 4) is 55.9 Å². The van der Waals surface area contributed by atoms with Crippen LogP contribution in [0.15, 0.2) is 206 Å². The van der Waals surface area contributed by atoms with Crippen LogP contribution in [0.3, 0.4) is 0 Å². The van der Waals surface area contributed by atoms with Gasteiger partial charge in [-0.25, -0.2) is 0 Å². The van der Waals surface area contributed by atoms with Crippen LogP contribution in [-0.4, -0.2) is 9.13 Å². The van der Waals surface area contributed by atoms with Gasteiger partial charge in [0, 0.05) is 33.7 Å². The Hall–Kier alpha value is -7.42. The molecule has 266 valence electrons. The first-order chi connectivity index (χ1) is 28.3. The maximum atomic E-state index is 2.50. The second-order valence-electron chi connectivity index (χ2n) is 15.3. The summed E-state index contributed by atoms with van der Waals surface area (Å²) >= 11 is 0. The average Bonchev–Trinajstić information content (AvgIpc) is 3.95. The number of benzene rings is 9. The number of para-hydroxylation sites is 3. The van der Waals surface area contributed by atoms with Crippen molar-refractivity contribution in [3.05, 3.63) is 217 Å². The van der Waals surface area contributed by atoms with Gasteiger partial charge in [-0.05, 0) is 104 Å². The molecular formula is C55H36N2. The first-order valence-corrected chi connectivity index (χ1v) is 19.8. The van der Waals surface area contributed by atoms with Crippen molar-refractivity contribution < 1.29 is 0 Å². The van der Waals surface area contributed by atoms with Crippen molar-refractivity contribution in [2.45, 2.75) is 6.42 Å². The molecule has 0 saturated heterocycles. The fourth-order valence-corrected chi connectivity index (χ4v) is 9.61. The molecular weight excluding hydrogens is 689 g/mol. The highest BCUT2D eigenvalue weighted by Gasteiger charge is 2.26. The lowest BCUT2D eigenvalue weighted by Crippen LogP contribution is -1.99. The van der Waals surface area contributed by atoms with Gasteiger partial charge in [-0.2, -0.15) is 0 Å². The lowest BCUT2D eigenvalue weighted by Gasteiger charge is -2.14. The van der Waals surface area contributed by atoms with E-state index in [1.165, 1.54) is 111 Å². The van der Waals surface area contributed by atoms with Crippen molar-refractivity contribution >= 4 is 43.6 Å². The minimum absolute atomic E-state index is 0.875. The number of nitrogens with zero attached hydrogens (tertiary/aromatic N) is 2. The van der Waals surface area contributed by atoms with Gasteiger partial charge in [0.05, 0.1) is 27.8 Å². The molecule has 2 heterocycles. The van der Waals surface area contributed by atoms with Crippen molar-refractivity contribution in [3.63, 3.8) is 0 Å². The number of hydrogen-bond donors (Lipinski definition) is 0. The Balaban J connectivity index is 0.963. The summed E-state index contributed by atoms with van der Waals surface area (Å²) in [6.45, 7) is 0. The molecule has 11 aromatic rings. The summed E-state index contributed by atoms with van der Waals surface area (Å²) in [6, 6.07) is 75.7. The summed E-state index contributed by atoms with van der Waals surface area (Å²) in [5.74, 6) is 0. The number of fused-ring (bicyclic) bond motifs is 9. The predicted octanol–water partition coefficient (Wildman–Crippen LogP) is 14.5. The largest absolute Gasteiger partial charge is 0.309 e. The Kier molecular flexibility index (Phi) is 7.02. The third-order valence-electron chi connectivity index (χ3n) is 12.2. The van der Waals surface area contributed by atoms with E-state index in [9.17, 15) is 0 Å². The molecule has 0 bridgehead atoms. The van der Waals surface area contributed by atoms with Gasteiger partial charge in [0.25, 0.3) is 0 Å². The van der Waals surface area contributed by atoms with Crippen LogP contribution in [0.4, 0.5) is 0 Å². The molecule has 9 aromatic carbocycles. The first kappa shape index (κ1) is 31.9. The van der Waals surface area contributed by atoms with E-state index in [2.05, 4.69) is 215 Å². The molecule has 12 rings (SSSR count). The van der Waals surface area contributed by atoms with Crippen LogP contribution in [-0.2, 0) is 6.42 Å². The molecule has 0 spiro atoms. The van der Waals surface area contributed by atoms with Crippen LogP contribution < -0.4 is 0 Å². The van der Waals surface area contributed by atoms with Crippen molar-refractivity contribution in [2.24, 2.45) is 0 Å². The van der Waals surface area contributed by atoms with Gasteiger partial charge in [-0.1, -0.05) is 158 Å². The summed E-state index contributed by atoms with van der Waals surface area (Å²) in [6.07, 6.45) is 0.875. The lowest BCUT2D eigenvalue weighted by atomic mass is 9.93. The zero-order valence-corrected chi connectivity index (χ0v) is 31.2. The first-order valence-electron chi connectivity index (χ1n) is 19.8. The maximum absolute atomic E-state index is 2.50. The van der Waals surface area contributed by atoms with Crippen LogP contribution in [0.25, 0.3) is 99.5 Å². The molecule has 2 nitrogen and oxygen atoms in total. The van der Waals surface area contributed by atoms with Gasteiger partial charge >= 0.3 is 0 Å². The molecule has 1 aliphatic carbocycles. The SMILES string of the molecule is c1ccc(-c2ccc(-c3cccc(-c4cccc5c4Cc4c-5cccc4-n4c5ccccc5c5cc(-n6c7ccccc7c7ccccc76)ccc54)c3)cc2)cc1. The zero-order valence-electron chi connectivity index (χ0n) is 31.2. The number of hydrogen-bond acceptors (Lipinski definition) is 0. The van der Waals surface area contributed by atoms with E-state index in [4.69, 9.17) is 0 Å². The van der Waals surface area contributed by atoms with E-state index in [1.807, 2.05) is 0 Å². The van der Waals surface area contributed by atoms with Gasteiger partial charge in [-0.15, -0.1) is 0 Å². The second-order valence-corrected chi connectivity index (χ2v) is 15.3. The molecule has 1 aliphatic rings. The molecule has 0 amide bonds. The van der Waals surface area contributed by atoms with Crippen LogP contribution in [0.5, 0.6) is 0 Å². The fraction of sp³-hybridized carbons (Fsp3) is 0.0182. The molecule has 0 unspecified atom stereocenters. The van der Waals surface area contributed by atoms with Gasteiger partial charge in [-0.3, -0.25) is 0 Å². The van der Waals surface area contributed by atoms with Crippen LogP contribution in [0, 0.1) is 0 Å². The normalized spacial score (nSPS) is 12.1. The average molecular weight is 725 g/mol. The minimum atomic E-state index is 0.875. The smallest absolute Gasteiger partial charge is 0.0542 e. The third kappa shape index (κ3) is 4.91. The van der Waals surface area contributed by atoms with E-state index in [0.29, 0.717) is 0 Å². The maximum Gasteiger partial charge on any atom is 0.0542 e. The molecule has 0 N–H and O–H groups in total. The van der Waals surface area contributed by atoms with Gasteiger partial charge in [0.2, 0.25) is 0 Å². The van der Waals surface area contributed by atoms with Crippen LogP contribution in [0.2, 0.25) is 0 Å². The van der Waals surface area contributed by atoms with E-state index < -0.39 is 0 Å². The number of aromatic nitrogens is 2. The Bertz CT molecular complexity index is 3310. The summed E-state index contributed by atoms with van der Waals surface area (Å²) in [5.41, 5.74) is 20.2. The quantitative estimate of drug-likeness (QED) is 0.167. The van der Waals surface area contributed by atoms with Crippen molar-refractivity contribution in [1.82, 2.24) is 9.13 Å². The summed E-state index contributed by atoms with van der Waals surface area (Å²) in [7, 11) is 0. The topological polar surface area (TPSA) is 9.86 Å². The molecule has 0 atom stereocenters. The predicted molar refractivity (Wildman–Crippen MR) is 240 cm³/mol. The Morgan fingerprint density at radius 3 is 1.49 bits per heavy atom. The third-order valence-corrected chi connectivity index (χ3v) is 12.2. The highest BCUT2D eigenvalue weighted by Crippen LogP contribution is 2.46. The second kappa shape index (κ2) is 12.6. The molecule has 0 radical (unpaired) electrons. The monoisotopic (exact) mass is 724 g/mol. The molecule has 0 aliphatic heterocycles. The fourth-order valence-electron chi connectivity index (χ4n) is 9.61. The van der Waals surface area contributed by atoms with Gasteiger partial charge in [0.1, 0.15) is 0 Å². The van der Waals surface area contributed by atoms with Crippen LogP contribution in [0.1, 0.15) is 11.1 Å². The van der Waals surface area contributed by atoms with E-state index in [0.717, 1.165) is 6.42 Å². The van der Waals surface area contributed by atoms with Crippen molar-refractivity contribution in [2.75, 3.05) is 0 Å². The molecule has 0 fully saturated rings. The minimum Gasteiger partial charge on any atom is -0.309 e. The summed E-state index contributed by atoms with van der Waals surface area (Å²) in [5, 5.41) is 5.07. The van der Waals surface area contributed by atoms with E-state index >= 15 is 0 Å². The highest BCUT2D eigenvalue weighted by atomic mass is 15.0. The summed E-state index contributed by atoms with van der Waals surface area (Å²) < 4.78 is 4.92. The lowest BCUT2D eigenvalue weighted by molar-refractivity contribution is 1.12. The standard InChI is InChI=1S/C55H36N2/c1-2-13-36(14-3-1)37-27-29-38(30-28-37)39-15-10-16-40(33-39)42-20-11-21-43-44-22-12-26-54(50(44)35-48(42)43)57-53-25-9-6-19-47(53)49-34-41(31-32-55(49)57)56-51-23-7-4-17-45(51)46-18-5-8-24-52(46)56/h1-34H,35H2. The molecule has 0 saturated carbocycles. The molecule has 57 heavy (non-hydrogen) atoms. The Morgan fingerprint density at radius 2 is 0.772 bits per heavy atom. The molecule has 2 aromatic heterocycles.